The van der Waals surface area contributed by atoms with Crippen LogP contribution in [0.5, 0.6) is 0 Å². The SMILES string of the molecule is CC1CCN(C(=O)C2=CN(c3cccc(F)c3)c3ccccc3S2(=O)=O)CC1. The number of nitrogens with zero attached hydrogens (tertiary/aromatic N) is 2. The van der Waals surface area contributed by atoms with Crippen molar-refractivity contribution in [3.63, 3.8) is 0 Å². The number of piperidine rings is 1. The molecular formula is C21H21FN2O3S. The second-order valence-corrected chi connectivity index (χ2v) is 9.18. The van der Waals surface area contributed by atoms with E-state index in [0.29, 0.717) is 30.4 Å². The largest absolute Gasteiger partial charge is 0.338 e. The van der Waals surface area contributed by atoms with Gasteiger partial charge in [-0.25, -0.2) is 12.8 Å². The molecule has 2 aromatic rings. The molecule has 2 aromatic carbocycles. The summed E-state index contributed by atoms with van der Waals surface area (Å²) in [7, 11) is -3.96. The molecule has 28 heavy (non-hydrogen) atoms. The fraction of sp³-hybridized carbons (Fsp3) is 0.286. The van der Waals surface area contributed by atoms with Crippen LogP contribution >= 0.6 is 0 Å². The molecular weight excluding hydrogens is 379 g/mol. The predicted molar refractivity (Wildman–Crippen MR) is 105 cm³/mol. The molecule has 2 aliphatic heterocycles. The van der Waals surface area contributed by atoms with Crippen molar-refractivity contribution in [1.82, 2.24) is 4.90 Å². The van der Waals surface area contributed by atoms with Crippen molar-refractivity contribution in [2.24, 2.45) is 5.92 Å². The second kappa shape index (κ2) is 7.05. The zero-order valence-corrected chi connectivity index (χ0v) is 16.3. The number of carbonyl (C=O) groups excluding carboxylic acids is 1. The van der Waals surface area contributed by atoms with Gasteiger partial charge in [-0.3, -0.25) is 4.79 Å². The summed E-state index contributed by atoms with van der Waals surface area (Å²) in [5, 5.41) is 0. The molecule has 0 aromatic heterocycles. The average Bonchev–Trinajstić information content (AvgIpc) is 2.68. The van der Waals surface area contributed by atoms with E-state index >= 15 is 0 Å². The summed E-state index contributed by atoms with van der Waals surface area (Å²) < 4.78 is 40.2. The normalized spacial score (nSPS) is 19.1. The highest BCUT2D eigenvalue weighted by Crippen LogP contribution is 2.40. The lowest BCUT2D eigenvalue weighted by atomic mass is 9.99. The van der Waals surface area contributed by atoms with Crippen LogP contribution < -0.4 is 4.90 Å². The van der Waals surface area contributed by atoms with Crippen molar-refractivity contribution in [1.29, 1.82) is 0 Å². The zero-order chi connectivity index (χ0) is 19.9. The number of likely N-dealkylation sites (tertiary alicyclic amines) is 1. The van der Waals surface area contributed by atoms with Gasteiger partial charge in [-0.15, -0.1) is 0 Å². The van der Waals surface area contributed by atoms with Crippen LogP contribution in [0, 0.1) is 11.7 Å². The second-order valence-electron chi connectivity index (χ2n) is 7.29. The summed E-state index contributed by atoms with van der Waals surface area (Å²) in [5.74, 6) is -0.414. The Morgan fingerprint density at radius 1 is 1.07 bits per heavy atom. The quantitative estimate of drug-likeness (QED) is 0.768. The van der Waals surface area contributed by atoms with Crippen LogP contribution in [0.1, 0.15) is 19.8 Å². The summed E-state index contributed by atoms with van der Waals surface area (Å²) in [6.45, 7) is 3.20. The van der Waals surface area contributed by atoms with Gasteiger partial charge in [0.2, 0.25) is 9.84 Å². The molecule has 2 heterocycles. The number of fused-ring (bicyclic) bond motifs is 1. The molecule has 146 valence electrons. The molecule has 0 spiro atoms. The van der Waals surface area contributed by atoms with E-state index in [1.54, 1.807) is 40.1 Å². The van der Waals surface area contributed by atoms with Crippen LogP contribution in [0.25, 0.3) is 0 Å². The smallest absolute Gasteiger partial charge is 0.267 e. The Bertz CT molecular complexity index is 1060. The highest BCUT2D eigenvalue weighted by molar-refractivity contribution is 7.96. The maximum absolute atomic E-state index is 13.8. The number of sulfone groups is 1. The van der Waals surface area contributed by atoms with Gasteiger partial charge >= 0.3 is 0 Å². The monoisotopic (exact) mass is 400 g/mol. The lowest BCUT2D eigenvalue weighted by Crippen LogP contribution is -2.41. The number of amides is 1. The van der Waals surface area contributed by atoms with Crippen LogP contribution in [0.3, 0.4) is 0 Å². The Labute approximate surface area is 164 Å². The molecule has 0 unspecified atom stereocenters. The fourth-order valence-electron chi connectivity index (χ4n) is 3.64. The average molecular weight is 400 g/mol. The number of hydrogen-bond donors (Lipinski definition) is 0. The Morgan fingerprint density at radius 2 is 1.79 bits per heavy atom. The van der Waals surface area contributed by atoms with Crippen LogP contribution in [0.4, 0.5) is 15.8 Å². The fourth-order valence-corrected chi connectivity index (χ4v) is 5.17. The zero-order valence-electron chi connectivity index (χ0n) is 15.5. The first-order chi connectivity index (χ1) is 13.4. The van der Waals surface area contributed by atoms with Gasteiger partial charge in [0.1, 0.15) is 5.82 Å². The molecule has 1 amide bonds. The molecule has 5 nitrogen and oxygen atoms in total. The van der Waals surface area contributed by atoms with Crippen molar-refractivity contribution in [2.75, 3.05) is 18.0 Å². The van der Waals surface area contributed by atoms with Crippen molar-refractivity contribution in [3.8, 4) is 0 Å². The molecule has 0 saturated carbocycles. The van der Waals surface area contributed by atoms with Crippen LogP contribution in [-0.2, 0) is 14.6 Å². The van der Waals surface area contributed by atoms with E-state index in [-0.39, 0.29) is 9.80 Å². The Balaban J connectivity index is 1.82. The third kappa shape index (κ3) is 3.20. The number of anilines is 2. The van der Waals surface area contributed by atoms with Gasteiger partial charge in [-0.2, -0.15) is 0 Å². The molecule has 1 fully saturated rings. The third-order valence-corrected chi connectivity index (χ3v) is 7.10. The summed E-state index contributed by atoms with van der Waals surface area (Å²) in [5.41, 5.74) is 0.858. The van der Waals surface area contributed by atoms with Gasteiger partial charge in [0, 0.05) is 25.0 Å². The summed E-state index contributed by atoms with van der Waals surface area (Å²) in [6.07, 6.45) is 3.03. The highest BCUT2D eigenvalue weighted by atomic mass is 32.2. The number of benzene rings is 2. The summed E-state index contributed by atoms with van der Waals surface area (Å²) in [6, 6.07) is 12.3. The van der Waals surface area contributed by atoms with E-state index in [9.17, 15) is 17.6 Å². The standard InChI is InChI=1S/C21H21FN2O3S/c1-15-9-11-23(12-10-15)21(25)20-14-24(17-6-4-5-16(22)13-17)18-7-2-3-8-19(18)28(20,26)27/h2-8,13-15H,9-12H2,1H3. The van der Waals surface area contributed by atoms with Crippen LogP contribution in [0.15, 0.2) is 64.5 Å². The lowest BCUT2D eigenvalue weighted by Gasteiger charge is -2.33. The van der Waals surface area contributed by atoms with Gasteiger partial charge in [-0.1, -0.05) is 25.1 Å². The number of carbonyl (C=O) groups is 1. The molecule has 4 rings (SSSR count). The minimum Gasteiger partial charge on any atom is -0.338 e. The van der Waals surface area contributed by atoms with E-state index in [1.165, 1.54) is 24.4 Å². The van der Waals surface area contributed by atoms with Gasteiger partial charge in [-0.05, 0) is 49.1 Å². The first-order valence-electron chi connectivity index (χ1n) is 9.28. The molecule has 0 N–H and O–H groups in total. The Morgan fingerprint density at radius 3 is 2.50 bits per heavy atom. The van der Waals surface area contributed by atoms with Crippen LogP contribution in [-0.4, -0.2) is 32.3 Å². The van der Waals surface area contributed by atoms with Crippen molar-refractivity contribution in [3.05, 3.63) is 65.5 Å². The first-order valence-corrected chi connectivity index (χ1v) is 10.8. The number of halogens is 1. The van der Waals surface area contributed by atoms with Gasteiger partial charge in [0.05, 0.1) is 10.6 Å². The molecule has 0 bridgehead atoms. The maximum atomic E-state index is 13.8. The summed E-state index contributed by atoms with van der Waals surface area (Å²) >= 11 is 0. The van der Waals surface area contributed by atoms with Gasteiger partial charge < -0.3 is 9.80 Å². The van der Waals surface area contributed by atoms with E-state index < -0.39 is 21.6 Å². The number of para-hydroxylation sites is 1. The number of rotatable bonds is 2. The third-order valence-electron chi connectivity index (χ3n) is 5.32. The van der Waals surface area contributed by atoms with E-state index in [1.807, 2.05) is 0 Å². The molecule has 0 atom stereocenters. The molecule has 0 aliphatic carbocycles. The van der Waals surface area contributed by atoms with Crippen molar-refractivity contribution >= 4 is 27.1 Å². The Kier molecular flexibility index (Phi) is 4.71. The number of hydrogen-bond acceptors (Lipinski definition) is 4. The minimum absolute atomic E-state index is 0.0514. The van der Waals surface area contributed by atoms with Crippen molar-refractivity contribution in [2.45, 2.75) is 24.7 Å². The van der Waals surface area contributed by atoms with E-state index in [2.05, 4.69) is 6.92 Å². The summed E-state index contributed by atoms with van der Waals surface area (Å²) in [4.78, 5) is 16.1. The van der Waals surface area contributed by atoms with Crippen molar-refractivity contribution < 1.29 is 17.6 Å². The Hall–Kier alpha value is -2.67. The first kappa shape index (κ1) is 18.7. The predicted octanol–water partition coefficient (Wildman–Crippen LogP) is 3.85. The topological polar surface area (TPSA) is 57.7 Å². The van der Waals surface area contributed by atoms with E-state index in [0.717, 1.165) is 12.8 Å². The van der Waals surface area contributed by atoms with Gasteiger partial charge in [0.15, 0.2) is 4.91 Å². The maximum Gasteiger partial charge on any atom is 0.267 e. The molecule has 1 saturated heterocycles. The molecule has 2 aliphatic rings. The van der Waals surface area contributed by atoms with Gasteiger partial charge in [0.25, 0.3) is 5.91 Å². The van der Waals surface area contributed by atoms with E-state index in [4.69, 9.17) is 0 Å². The van der Waals surface area contributed by atoms with Crippen LogP contribution in [0.2, 0.25) is 0 Å². The molecule has 7 heteroatoms. The lowest BCUT2D eigenvalue weighted by molar-refractivity contribution is -0.127. The highest BCUT2D eigenvalue weighted by Gasteiger charge is 2.38. The minimum atomic E-state index is -3.96. The molecule has 0 radical (unpaired) electrons.